The van der Waals surface area contributed by atoms with Gasteiger partial charge in [0.1, 0.15) is 22.8 Å². The average molecular weight is 255 g/mol. The normalized spacial score (nSPS) is 9.63. The van der Waals surface area contributed by atoms with Crippen LogP contribution >= 0.6 is 0 Å². The summed E-state index contributed by atoms with van der Waals surface area (Å²) in [6, 6.07) is 12.3. The van der Waals surface area contributed by atoms with Crippen molar-refractivity contribution >= 4 is 5.97 Å². The molecule has 2 rings (SSSR count). The summed E-state index contributed by atoms with van der Waals surface area (Å²) in [6.45, 7) is 0. The number of aromatic hydroxyl groups is 1. The smallest absolute Gasteiger partial charge is 0.339 e. The van der Waals surface area contributed by atoms with Gasteiger partial charge in [-0.3, -0.25) is 0 Å². The Balaban J connectivity index is 2.25. The molecule has 0 amide bonds. The van der Waals surface area contributed by atoms with Crippen molar-refractivity contribution in [3.8, 4) is 23.3 Å². The van der Waals surface area contributed by atoms with E-state index < -0.39 is 5.97 Å². The summed E-state index contributed by atoms with van der Waals surface area (Å²) in [7, 11) is 0. The fourth-order valence-electron chi connectivity index (χ4n) is 1.48. The Morgan fingerprint density at radius 3 is 2.32 bits per heavy atom. The van der Waals surface area contributed by atoms with Crippen LogP contribution in [0.15, 0.2) is 42.5 Å². The Kier molecular flexibility index (Phi) is 3.35. The highest BCUT2D eigenvalue weighted by atomic mass is 16.5. The maximum Gasteiger partial charge on any atom is 0.339 e. The van der Waals surface area contributed by atoms with Crippen molar-refractivity contribution < 1.29 is 19.7 Å². The van der Waals surface area contributed by atoms with E-state index in [0.717, 1.165) is 0 Å². The molecule has 0 saturated carbocycles. The topological polar surface area (TPSA) is 90.5 Å². The second-order valence-electron chi connectivity index (χ2n) is 3.72. The van der Waals surface area contributed by atoms with E-state index in [1.807, 2.05) is 6.07 Å². The molecule has 5 nitrogen and oxygen atoms in total. The largest absolute Gasteiger partial charge is 0.507 e. The van der Waals surface area contributed by atoms with Gasteiger partial charge in [0, 0.05) is 0 Å². The molecule has 5 heteroatoms. The molecule has 2 aromatic carbocycles. The van der Waals surface area contributed by atoms with Crippen LogP contribution in [-0.2, 0) is 0 Å². The first-order valence-corrected chi connectivity index (χ1v) is 5.34. The van der Waals surface area contributed by atoms with Crippen LogP contribution in [0, 0.1) is 11.3 Å². The lowest BCUT2D eigenvalue weighted by molar-refractivity contribution is 0.0693. The lowest BCUT2D eigenvalue weighted by Gasteiger charge is -2.07. The number of hydrogen-bond donors (Lipinski definition) is 2. The van der Waals surface area contributed by atoms with Gasteiger partial charge in [-0.25, -0.2) is 4.79 Å². The van der Waals surface area contributed by atoms with Crippen molar-refractivity contribution in [1.82, 2.24) is 0 Å². The van der Waals surface area contributed by atoms with Crippen LogP contribution < -0.4 is 4.74 Å². The highest BCUT2D eigenvalue weighted by Crippen LogP contribution is 2.27. The second kappa shape index (κ2) is 5.10. The average Bonchev–Trinajstić information content (AvgIpc) is 2.41. The molecule has 2 N–H and O–H groups in total. The summed E-state index contributed by atoms with van der Waals surface area (Å²) < 4.78 is 5.44. The van der Waals surface area contributed by atoms with Crippen LogP contribution in [0.25, 0.3) is 0 Å². The molecule has 0 aliphatic heterocycles. The van der Waals surface area contributed by atoms with Crippen molar-refractivity contribution in [3.05, 3.63) is 53.6 Å². The Bertz CT molecular complexity index is 656. The van der Waals surface area contributed by atoms with E-state index in [-0.39, 0.29) is 11.3 Å². The third kappa shape index (κ3) is 2.82. The van der Waals surface area contributed by atoms with Gasteiger partial charge in [-0.1, -0.05) is 0 Å². The summed E-state index contributed by atoms with van der Waals surface area (Å²) in [4.78, 5) is 10.9. The molecule has 19 heavy (non-hydrogen) atoms. The van der Waals surface area contributed by atoms with E-state index in [2.05, 4.69) is 0 Å². The van der Waals surface area contributed by atoms with Crippen molar-refractivity contribution in [1.29, 1.82) is 5.26 Å². The Morgan fingerprint density at radius 1 is 1.11 bits per heavy atom. The summed E-state index contributed by atoms with van der Waals surface area (Å²) in [6.07, 6.45) is 0. The first-order valence-electron chi connectivity index (χ1n) is 5.34. The number of nitriles is 1. The van der Waals surface area contributed by atoms with E-state index >= 15 is 0 Å². The zero-order chi connectivity index (χ0) is 13.8. The summed E-state index contributed by atoms with van der Waals surface area (Å²) in [5, 5.41) is 26.9. The number of rotatable bonds is 3. The van der Waals surface area contributed by atoms with Gasteiger partial charge in [-0.2, -0.15) is 5.26 Å². The number of carboxylic acids is 1. The maximum atomic E-state index is 10.9. The molecule has 2 aromatic rings. The quantitative estimate of drug-likeness (QED) is 0.879. The van der Waals surface area contributed by atoms with Gasteiger partial charge in [0.2, 0.25) is 0 Å². The monoisotopic (exact) mass is 255 g/mol. The number of benzene rings is 2. The molecule has 0 saturated heterocycles. The molecule has 0 fully saturated rings. The predicted octanol–water partition coefficient (Wildman–Crippen LogP) is 2.75. The van der Waals surface area contributed by atoms with E-state index in [0.29, 0.717) is 17.1 Å². The van der Waals surface area contributed by atoms with Gasteiger partial charge in [0.25, 0.3) is 0 Å². The first-order chi connectivity index (χ1) is 9.10. The highest BCUT2D eigenvalue weighted by Gasteiger charge is 2.11. The van der Waals surface area contributed by atoms with E-state index in [4.69, 9.17) is 15.1 Å². The first kappa shape index (κ1) is 12.5. The molecule has 0 aliphatic carbocycles. The summed E-state index contributed by atoms with van der Waals surface area (Å²) >= 11 is 0. The third-order valence-electron chi connectivity index (χ3n) is 2.42. The molecule has 0 heterocycles. The Hall–Kier alpha value is -3.00. The lowest BCUT2D eigenvalue weighted by atomic mass is 10.2. The number of phenols is 1. The number of nitrogens with zero attached hydrogens (tertiary/aromatic N) is 1. The van der Waals surface area contributed by atoms with Crippen molar-refractivity contribution in [3.63, 3.8) is 0 Å². The van der Waals surface area contributed by atoms with Gasteiger partial charge in [0.15, 0.2) is 0 Å². The molecular weight excluding hydrogens is 246 g/mol. The van der Waals surface area contributed by atoms with E-state index in [1.54, 1.807) is 24.3 Å². The molecule has 0 atom stereocenters. The van der Waals surface area contributed by atoms with Crippen LogP contribution in [0.4, 0.5) is 0 Å². The molecule has 0 aromatic heterocycles. The van der Waals surface area contributed by atoms with Crippen molar-refractivity contribution in [2.75, 3.05) is 0 Å². The predicted molar refractivity (Wildman–Crippen MR) is 66.3 cm³/mol. The van der Waals surface area contributed by atoms with E-state index in [9.17, 15) is 9.90 Å². The molecule has 0 unspecified atom stereocenters. The summed E-state index contributed by atoms with van der Waals surface area (Å²) in [5.74, 6) is -0.789. The van der Waals surface area contributed by atoms with Crippen LogP contribution in [-0.4, -0.2) is 16.2 Å². The van der Waals surface area contributed by atoms with E-state index in [1.165, 1.54) is 18.2 Å². The molecule has 0 aliphatic rings. The molecule has 0 bridgehead atoms. The fourth-order valence-corrected chi connectivity index (χ4v) is 1.48. The van der Waals surface area contributed by atoms with Crippen LogP contribution in [0.1, 0.15) is 15.9 Å². The fraction of sp³-hybridized carbons (Fsp3) is 0. The minimum Gasteiger partial charge on any atom is -0.507 e. The number of carbonyl (C=O) groups is 1. The number of hydrogen-bond acceptors (Lipinski definition) is 4. The molecule has 94 valence electrons. The number of carboxylic acid groups (broad SMARTS) is 1. The lowest BCUT2D eigenvalue weighted by Crippen LogP contribution is -1.97. The highest BCUT2D eigenvalue weighted by molar-refractivity contribution is 5.91. The van der Waals surface area contributed by atoms with Gasteiger partial charge >= 0.3 is 5.97 Å². The molecule has 0 spiro atoms. The number of ether oxygens (including phenoxy) is 1. The Labute approximate surface area is 108 Å². The Morgan fingerprint density at radius 2 is 1.74 bits per heavy atom. The minimum atomic E-state index is -1.23. The van der Waals surface area contributed by atoms with Gasteiger partial charge in [-0.05, 0) is 42.5 Å². The zero-order valence-electron chi connectivity index (χ0n) is 9.70. The van der Waals surface area contributed by atoms with Crippen LogP contribution in [0.5, 0.6) is 17.2 Å². The minimum absolute atomic E-state index is 0.230. The number of aromatic carboxylic acids is 1. The third-order valence-corrected chi connectivity index (χ3v) is 2.42. The standard InChI is InChI=1S/C14H9NO4/c15-8-9-1-3-10(4-2-9)19-11-5-6-13(16)12(7-11)14(17)18/h1-7,16H,(H,17,18). The van der Waals surface area contributed by atoms with Crippen molar-refractivity contribution in [2.24, 2.45) is 0 Å². The van der Waals surface area contributed by atoms with Gasteiger partial charge in [-0.15, -0.1) is 0 Å². The summed E-state index contributed by atoms with van der Waals surface area (Å²) in [5.41, 5.74) is 0.274. The molecule has 0 radical (unpaired) electrons. The van der Waals surface area contributed by atoms with Crippen LogP contribution in [0.3, 0.4) is 0 Å². The second-order valence-corrected chi connectivity index (χ2v) is 3.72. The maximum absolute atomic E-state index is 10.9. The van der Waals surface area contributed by atoms with Crippen molar-refractivity contribution in [2.45, 2.75) is 0 Å². The molecular formula is C14H9NO4. The SMILES string of the molecule is N#Cc1ccc(Oc2ccc(O)c(C(=O)O)c2)cc1. The van der Waals surface area contributed by atoms with Gasteiger partial charge in [0.05, 0.1) is 11.6 Å². The van der Waals surface area contributed by atoms with Gasteiger partial charge < -0.3 is 14.9 Å². The zero-order valence-corrected chi connectivity index (χ0v) is 9.70. The van der Waals surface area contributed by atoms with Crippen LogP contribution in [0.2, 0.25) is 0 Å².